The van der Waals surface area contributed by atoms with Crippen molar-refractivity contribution in [3.05, 3.63) is 53.8 Å². The number of benzene rings is 2. The number of amides is 2. The Kier molecular flexibility index (Phi) is 5.73. The van der Waals surface area contributed by atoms with E-state index in [0.29, 0.717) is 31.0 Å². The van der Waals surface area contributed by atoms with Crippen molar-refractivity contribution < 1.29 is 22.7 Å². The summed E-state index contributed by atoms with van der Waals surface area (Å²) in [6.07, 6.45) is 0.819. The lowest BCUT2D eigenvalue weighted by molar-refractivity contribution is 0.250. The number of urea groups is 1. The van der Waals surface area contributed by atoms with Gasteiger partial charge in [0.2, 0.25) is 0 Å². The molecule has 0 radical (unpaired) electrons. The van der Waals surface area contributed by atoms with Gasteiger partial charge in [-0.3, -0.25) is 0 Å². The Morgan fingerprint density at radius 2 is 2.00 bits per heavy atom. The zero-order valence-corrected chi connectivity index (χ0v) is 14.8. The lowest BCUT2D eigenvalue weighted by Gasteiger charge is -2.19. The molecule has 2 amide bonds. The molecule has 27 heavy (non-hydrogen) atoms. The van der Waals surface area contributed by atoms with E-state index in [1.54, 1.807) is 6.07 Å². The molecule has 0 aromatic heterocycles. The predicted molar refractivity (Wildman–Crippen MR) is 96.7 cm³/mol. The van der Waals surface area contributed by atoms with Gasteiger partial charge in [-0.05, 0) is 36.6 Å². The summed E-state index contributed by atoms with van der Waals surface area (Å²) in [4.78, 5) is 14.0. The molecule has 1 atom stereocenters. The number of methoxy groups -OCH3 is 1. The van der Waals surface area contributed by atoms with Crippen molar-refractivity contribution in [2.75, 3.05) is 37.0 Å². The van der Waals surface area contributed by atoms with Crippen LogP contribution in [-0.4, -0.2) is 32.8 Å². The SMILES string of the molecule is COc1cc(F)ccc1NC(=O)NCC1CCN(c2ccc(F)c(F)c2)C1. The summed E-state index contributed by atoms with van der Waals surface area (Å²) in [5, 5.41) is 5.39. The number of nitrogens with one attached hydrogen (secondary N) is 2. The zero-order valence-electron chi connectivity index (χ0n) is 14.8. The molecule has 0 saturated carbocycles. The summed E-state index contributed by atoms with van der Waals surface area (Å²) in [5.74, 6) is -1.79. The fourth-order valence-corrected chi connectivity index (χ4v) is 3.09. The van der Waals surface area contributed by atoms with Gasteiger partial charge in [0.15, 0.2) is 11.6 Å². The minimum Gasteiger partial charge on any atom is -0.494 e. The second-order valence-electron chi connectivity index (χ2n) is 6.38. The molecule has 1 saturated heterocycles. The molecule has 5 nitrogen and oxygen atoms in total. The first kappa shape index (κ1) is 18.9. The van der Waals surface area contributed by atoms with Gasteiger partial charge in [-0.2, -0.15) is 0 Å². The van der Waals surface area contributed by atoms with Crippen molar-refractivity contribution in [3.8, 4) is 5.75 Å². The Balaban J connectivity index is 1.50. The van der Waals surface area contributed by atoms with Crippen LogP contribution < -0.4 is 20.3 Å². The van der Waals surface area contributed by atoms with E-state index in [2.05, 4.69) is 10.6 Å². The summed E-state index contributed by atoms with van der Waals surface area (Å²) < 4.78 is 44.7. The van der Waals surface area contributed by atoms with Crippen LogP contribution in [0.4, 0.5) is 29.3 Å². The van der Waals surface area contributed by atoms with E-state index >= 15 is 0 Å². The Hall–Kier alpha value is -2.90. The minimum absolute atomic E-state index is 0.180. The van der Waals surface area contributed by atoms with Crippen LogP contribution >= 0.6 is 0 Å². The van der Waals surface area contributed by atoms with E-state index in [0.717, 1.165) is 12.5 Å². The Labute approximate surface area is 155 Å². The summed E-state index contributed by atoms with van der Waals surface area (Å²) >= 11 is 0. The molecule has 1 aliphatic rings. The largest absolute Gasteiger partial charge is 0.494 e. The van der Waals surface area contributed by atoms with Crippen LogP contribution in [-0.2, 0) is 0 Å². The summed E-state index contributed by atoms with van der Waals surface area (Å²) in [5.41, 5.74) is 0.989. The molecule has 1 fully saturated rings. The fourth-order valence-electron chi connectivity index (χ4n) is 3.09. The molecule has 1 heterocycles. The molecule has 2 aromatic carbocycles. The van der Waals surface area contributed by atoms with E-state index in [1.807, 2.05) is 4.90 Å². The molecule has 0 aliphatic carbocycles. The van der Waals surface area contributed by atoms with Crippen molar-refractivity contribution in [2.24, 2.45) is 5.92 Å². The molecule has 3 rings (SSSR count). The Morgan fingerprint density at radius 3 is 2.74 bits per heavy atom. The highest BCUT2D eigenvalue weighted by Crippen LogP contribution is 2.26. The van der Waals surface area contributed by atoms with Crippen LogP contribution in [0.1, 0.15) is 6.42 Å². The van der Waals surface area contributed by atoms with Crippen molar-refractivity contribution in [2.45, 2.75) is 6.42 Å². The van der Waals surface area contributed by atoms with Crippen LogP contribution in [0, 0.1) is 23.4 Å². The van der Waals surface area contributed by atoms with Gasteiger partial charge < -0.3 is 20.3 Å². The smallest absolute Gasteiger partial charge is 0.319 e. The Morgan fingerprint density at radius 1 is 1.19 bits per heavy atom. The maximum absolute atomic E-state index is 13.4. The third-order valence-electron chi connectivity index (χ3n) is 4.52. The number of halogens is 3. The first-order valence-corrected chi connectivity index (χ1v) is 8.54. The summed E-state index contributed by atoms with van der Waals surface area (Å²) in [7, 11) is 1.39. The van der Waals surface area contributed by atoms with Gasteiger partial charge >= 0.3 is 6.03 Å². The number of hydrogen-bond donors (Lipinski definition) is 2. The normalized spacial score (nSPS) is 16.3. The summed E-state index contributed by atoms with van der Waals surface area (Å²) in [6.45, 7) is 1.76. The van der Waals surface area contributed by atoms with Crippen LogP contribution in [0.3, 0.4) is 0 Å². The number of carbonyl (C=O) groups excluding carboxylic acids is 1. The lowest BCUT2D eigenvalue weighted by Crippen LogP contribution is -2.34. The molecule has 8 heteroatoms. The van der Waals surface area contributed by atoms with Gasteiger partial charge in [-0.15, -0.1) is 0 Å². The number of carbonyl (C=O) groups is 1. The van der Waals surface area contributed by atoms with E-state index in [1.165, 1.54) is 31.4 Å². The van der Waals surface area contributed by atoms with Crippen LogP contribution in [0.5, 0.6) is 5.75 Å². The predicted octanol–water partition coefficient (Wildman–Crippen LogP) is 3.76. The summed E-state index contributed by atoms with van der Waals surface area (Å²) in [6, 6.07) is 7.25. The topological polar surface area (TPSA) is 53.6 Å². The lowest BCUT2D eigenvalue weighted by atomic mass is 10.1. The van der Waals surface area contributed by atoms with E-state index in [-0.39, 0.29) is 11.7 Å². The van der Waals surface area contributed by atoms with Crippen molar-refractivity contribution in [1.29, 1.82) is 0 Å². The van der Waals surface area contributed by atoms with Gasteiger partial charge in [0.25, 0.3) is 0 Å². The maximum atomic E-state index is 13.4. The molecule has 0 spiro atoms. The van der Waals surface area contributed by atoms with Crippen LogP contribution in [0.25, 0.3) is 0 Å². The van der Waals surface area contributed by atoms with Crippen molar-refractivity contribution >= 4 is 17.4 Å². The van der Waals surface area contributed by atoms with Gasteiger partial charge in [-0.1, -0.05) is 0 Å². The maximum Gasteiger partial charge on any atom is 0.319 e. The zero-order chi connectivity index (χ0) is 19.4. The van der Waals surface area contributed by atoms with Gasteiger partial charge in [0, 0.05) is 37.5 Å². The van der Waals surface area contributed by atoms with Crippen molar-refractivity contribution in [1.82, 2.24) is 5.32 Å². The quantitative estimate of drug-likeness (QED) is 0.832. The van der Waals surface area contributed by atoms with E-state index < -0.39 is 23.5 Å². The average Bonchev–Trinajstić information content (AvgIpc) is 3.13. The van der Waals surface area contributed by atoms with Crippen molar-refractivity contribution in [3.63, 3.8) is 0 Å². The molecule has 2 aromatic rings. The first-order chi connectivity index (χ1) is 13.0. The molecule has 144 valence electrons. The van der Waals surface area contributed by atoms with Gasteiger partial charge in [-0.25, -0.2) is 18.0 Å². The molecule has 0 bridgehead atoms. The number of hydrogen-bond acceptors (Lipinski definition) is 3. The average molecular weight is 379 g/mol. The number of ether oxygens (including phenoxy) is 1. The Bertz CT molecular complexity index is 832. The number of rotatable bonds is 5. The third-order valence-corrected chi connectivity index (χ3v) is 4.52. The highest BCUT2D eigenvalue weighted by atomic mass is 19.2. The van der Waals surface area contributed by atoms with E-state index in [4.69, 9.17) is 4.74 Å². The fraction of sp³-hybridized carbons (Fsp3) is 0.316. The monoisotopic (exact) mass is 379 g/mol. The molecule has 1 aliphatic heterocycles. The minimum atomic E-state index is -0.873. The molecule has 1 unspecified atom stereocenters. The third kappa shape index (κ3) is 4.64. The second kappa shape index (κ2) is 8.20. The first-order valence-electron chi connectivity index (χ1n) is 8.54. The number of anilines is 2. The van der Waals surface area contributed by atoms with Crippen LogP contribution in [0.2, 0.25) is 0 Å². The highest BCUT2D eigenvalue weighted by molar-refractivity contribution is 5.90. The molecular weight excluding hydrogens is 359 g/mol. The molecule has 2 N–H and O–H groups in total. The highest BCUT2D eigenvalue weighted by Gasteiger charge is 2.24. The van der Waals surface area contributed by atoms with E-state index in [9.17, 15) is 18.0 Å². The second-order valence-corrected chi connectivity index (χ2v) is 6.38. The van der Waals surface area contributed by atoms with Gasteiger partial charge in [0.1, 0.15) is 11.6 Å². The van der Waals surface area contributed by atoms with Gasteiger partial charge in [0.05, 0.1) is 12.8 Å². The number of nitrogens with zero attached hydrogens (tertiary/aromatic N) is 1. The van der Waals surface area contributed by atoms with Crippen LogP contribution in [0.15, 0.2) is 36.4 Å². The standard InChI is InChI=1S/C19H20F3N3O2/c1-27-18-8-13(20)2-5-17(18)24-19(26)23-10-12-6-7-25(11-12)14-3-4-15(21)16(22)9-14/h2-5,8-9,12H,6-7,10-11H2,1H3,(H2,23,24,26). The molecular formula is C19H20F3N3O2.